The van der Waals surface area contributed by atoms with Gasteiger partial charge >= 0.3 is 0 Å². The Morgan fingerprint density at radius 3 is 2.38 bits per heavy atom. The number of halogens is 3. The maximum atomic E-state index is 3.82. The Kier molecular flexibility index (Phi) is 4.82. The van der Waals surface area contributed by atoms with Crippen LogP contribution in [-0.4, -0.2) is 0 Å². The highest BCUT2D eigenvalue weighted by molar-refractivity contribution is 9.11. The van der Waals surface area contributed by atoms with E-state index in [2.05, 4.69) is 102 Å². The zero-order chi connectivity index (χ0) is 14.8. The quantitative estimate of drug-likeness (QED) is 0.361. The van der Waals surface area contributed by atoms with Crippen LogP contribution in [0.5, 0.6) is 0 Å². The second kappa shape index (κ2) is 6.64. The van der Waals surface area contributed by atoms with Gasteiger partial charge in [-0.25, -0.2) is 0 Å². The molecule has 0 aromatic heterocycles. The predicted octanol–water partition coefficient (Wildman–Crippen LogP) is 7.04. The Morgan fingerprint density at radius 2 is 1.57 bits per heavy atom. The van der Waals surface area contributed by atoms with Crippen molar-refractivity contribution in [2.24, 2.45) is 0 Å². The summed E-state index contributed by atoms with van der Waals surface area (Å²) >= 11 is 11.0. The van der Waals surface area contributed by atoms with Crippen LogP contribution in [-0.2, 0) is 6.42 Å². The summed E-state index contributed by atoms with van der Waals surface area (Å²) < 4.78 is 2.23. The summed E-state index contributed by atoms with van der Waals surface area (Å²) in [6.07, 6.45) is 0.958. The van der Waals surface area contributed by atoms with Crippen molar-refractivity contribution < 1.29 is 0 Å². The molecular weight excluding hydrogens is 456 g/mol. The van der Waals surface area contributed by atoms with Crippen LogP contribution >= 0.6 is 47.8 Å². The number of fused-ring (bicyclic) bond motifs is 1. The summed E-state index contributed by atoms with van der Waals surface area (Å²) in [5, 5.41) is 2.58. The van der Waals surface area contributed by atoms with E-state index >= 15 is 0 Å². The number of hydrogen-bond acceptors (Lipinski definition) is 0. The zero-order valence-corrected chi connectivity index (χ0v) is 15.9. The average Bonchev–Trinajstić information content (AvgIpc) is 2.49. The van der Waals surface area contributed by atoms with Gasteiger partial charge in [0.05, 0.1) is 0 Å². The number of rotatable bonds is 3. The molecule has 3 heteroatoms. The highest BCUT2D eigenvalue weighted by Gasteiger charge is 2.12. The highest BCUT2D eigenvalue weighted by atomic mass is 79.9. The minimum atomic E-state index is 0.283. The minimum absolute atomic E-state index is 0.283. The van der Waals surface area contributed by atoms with Gasteiger partial charge in [0.15, 0.2) is 0 Å². The first-order valence-corrected chi connectivity index (χ1v) is 9.20. The molecule has 0 aliphatic carbocycles. The molecule has 0 bridgehead atoms. The molecule has 0 saturated carbocycles. The van der Waals surface area contributed by atoms with E-state index in [1.165, 1.54) is 21.9 Å². The molecule has 21 heavy (non-hydrogen) atoms. The van der Waals surface area contributed by atoms with Crippen molar-refractivity contribution in [3.05, 3.63) is 80.7 Å². The summed E-state index contributed by atoms with van der Waals surface area (Å²) in [7, 11) is 0. The van der Waals surface area contributed by atoms with E-state index in [0.717, 1.165) is 15.4 Å². The molecule has 0 fully saturated rings. The normalized spacial score (nSPS) is 12.5. The van der Waals surface area contributed by atoms with Crippen LogP contribution in [0, 0.1) is 0 Å². The molecule has 0 aliphatic heterocycles. The molecule has 0 spiro atoms. The van der Waals surface area contributed by atoms with Crippen LogP contribution in [0.3, 0.4) is 0 Å². The van der Waals surface area contributed by atoms with Crippen LogP contribution in [0.15, 0.2) is 69.6 Å². The Bertz CT molecular complexity index is 780. The maximum absolute atomic E-state index is 3.82. The Hall–Kier alpha value is -0.640. The molecule has 106 valence electrons. The first kappa shape index (κ1) is 15.3. The molecule has 0 aliphatic rings. The first-order valence-electron chi connectivity index (χ1n) is 6.70. The molecule has 0 radical (unpaired) electrons. The fourth-order valence-electron chi connectivity index (χ4n) is 2.44. The smallest absolute Gasteiger partial charge is 0.0447 e. The molecule has 3 rings (SSSR count). The van der Waals surface area contributed by atoms with Gasteiger partial charge in [0.25, 0.3) is 0 Å². The van der Waals surface area contributed by atoms with Crippen molar-refractivity contribution in [1.29, 1.82) is 0 Å². The van der Waals surface area contributed by atoms with Crippen molar-refractivity contribution in [3.63, 3.8) is 0 Å². The lowest BCUT2D eigenvalue weighted by molar-refractivity contribution is 0.944. The third-order valence-corrected chi connectivity index (χ3v) is 5.56. The SMILES string of the molecule is Brc1ccc(Br)c(C(Br)Cc2ccc3ccccc3c2)c1. The predicted molar refractivity (Wildman–Crippen MR) is 101 cm³/mol. The van der Waals surface area contributed by atoms with Crippen molar-refractivity contribution in [3.8, 4) is 0 Å². The van der Waals surface area contributed by atoms with Crippen molar-refractivity contribution in [1.82, 2.24) is 0 Å². The molecule has 3 aromatic carbocycles. The van der Waals surface area contributed by atoms with Gasteiger partial charge < -0.3 is 0 Å². The lowest BCUT2D eigenvalue weighted by Crippen LogP contribution is -1.97. The van der Waals surface area contributed by atoms with Gasteiger partial charge in [0.1, 0.15) is 0 Å². The van der Waals surface area contributed by atoms with E-state index in [-0.39, 0.29) is 4.83 Å². The zero-order valence-electron chi connectivity index (χ0n) is 11.2. The van der Waals surface area contributed by atoms with Crippen LogP contribution in [0.1, 0.15) is 16.0 Å². The van der Waals surface area contributed by atoms with E-state index in [1.54, 1.807) is 0 Å². The van der Waals surface area contributed by atoms with E-state index in [4.69, 9.17) is 0 Å². The number of hydrogen-bond donors (Lipinski definition) is 0. The molecule has 1 atom stereocenters. The van der Waals surface area contributed by atoms with Gasteiger partial charge in [-0.05, 0) is 46.5 Å². The fraction of sp³-hybridized carbons (Fsp3) is 0.111. The molecule has 0 amide bonds. The third kappa shape index (κ3) is 3.58. The molecular formula is C18H13Br3. The van der Waals surface area contributed by atoms with Gasteiger partial charge in [-0.15, -0.1) is 0 Å². The third-order valence-electron chi connectivity index (χ3n) is 3.52. The van der Waals surface area contributed by atoms with Crippen LogP contribution < -0.4 is 0 Å². The summed E-state index contributed by atoms with van der Waals surface area (Å²) in [4.78, 5) is 0.283. The van der Waals surface area contributed by atoms with Crippen molar-refractivity contribution >= 4 is 58.6 Å². The second-order valence-corrected chi connectivity index (χ2v) is 7.89. The Labute approximate surface area is 150 Å². The molecule has 0 saturated heterocycles. The second-order valence-electron chi connectivity index (χ2n) is 5.02. The largest absolute Gasteiger partial charge is 0.0835 e. The lowest BCUT2D eigenvalue weighted by Gasteiger charge is -2.13. The molecule has 0 nitrogen and oxygen atoms in total. The van der Waals surface area contributed by atoms with Crippen molar-refractivity contribution in [2.45, 2.75) is 11.2 Å². The van der Waals surface area contributed by atoms with E-state index in [0.29, 0.717) is 0 Å². The summed E-state index contributed by atoms with van der Waals surface area (Å²) in [5.74, 6) is 0. The lowest BCUT2D eigenvalue weighted by atomic mass is 10.0. The van der Waals surface area contributed by atoms with Crippen molar-refractivity contribution in [2.75, 3.05) is 0 Å². The monoisotopic (exact) mass is 466 g/mol. The standard InChI is InChI=1S/C18H13Br3/c19-15-7-8-17(20)16(11-15)18(21)10-12-5-6-13-3-1-2-4-14(13)9-12/h1-9,11,18H,10H2. The van der Waals surface area contributed by atoms with Gasteiger partial charge in [0.2, 0.25) is 0 Å². The first-order chi connectivity index (χ1) is 10.1. The Morgan fingerprint density at radius 1 is 0.810 bits per heavy atom. The molecule has 0 N–H and O–H groups in total. The number of alkyl halides is 1. The summed E-state index contributed by atoms with van der Waals surface area (Å²) in [6.45, 7) is 0. The topological polar surface area (TPSA) is 0 Å². The van der Waals surface area contributed by atoms with Gasteiger partial charge in [-0.2, -0.15) is 0 Å². The number of benzene rings is 3. The summed E-state index contributed by atoms with van der Waals surface area (Å²) in [5.41, 5.74) is 2.60. The van der Waals surface area contributed by atoms with Crippen LogP contribution in [0.25, 0.3) is 10.8 Å². The summed E-state index contributed by atoms with van der Waals surface area (Å²) in [6, 6.07) is 21.4. The minimum Gasteiger partial charge on any atom is -0.0835 e. The molecule has 1 unspecified atom stereocenters. The van der Waals surface area contributed by atoms with Crippen LogP contribution in [0.2, 0.25) is 0 Å². The van der Waals surface area contributed by atoms with E-state index < -0.39 is 0 Å². The Balaban J connectivity index is 1.88. The maximum Gasteiger partial charge on any atom is 0.0447 e. The molecule has 3 aromatic rings. The molecule has 0 heterocycles. The van der Waals surface area contributed by atoms with E-state index in [1.807, 2.05) is 6.07 Å². The fourth-order valence-corrected chi connectivity index (χ4v) is 4.40. The average molecular weight is 469 g/mol. The van der Waals surface area contributed by atoms with E-state index in [9.17, 15) is 0 Å². The highest BCUT2D eigenvalue weighted by Crippen LogP contribution is 2.34. The van der Waals surface area contributed by atoms with Crippen LogP contribution in [0.4, 0.5) is 0 Å². The van der Waals surface area contributed by atoms with Gasteiger partial charge in [-0.3, -0.25) is 0 Å². The van der Waals surface area contributed by atoms with Gasteiger partial charge in [0, 0.05) is 13.8 Å². The van der Waals surface area contributed by atoms with Gasteiger partial charge in [-0.1, -0.05) is 90.3 Å².